The zero-order chi connectivity index (χ0) is 14.8. The van der Waals surface area contributed by atoms with E-state index in [0.717, 1.165) is 30.6 Å². The monoisotopic (exact) mass is 284 g/mol. The largest absolute Gasteiger partial charge is 0.448 e. The van der Waals surface area contributed by atoms with Crippen LogP contribution in [0.15, 0.2) is 36.4 Å². The summed E-state index contributed by atoms with van der Waals surface area (Å²) in [6, 6.07) is 10.8. The number of aryl methyl sites for hydroxylation is 2. The predicted octanol–water partition coefficient (Wildman–Crippen LogP) is 4.05. The Morgan fingerprint density at radius 1 is 1.24 bits per heavy atom. The number of nitrogens with zero attached hydrogens (tertiary/aromatic N) is 1. The smallest absolute Gasteiger partial charge is 0.311 e. The third kappa shape index (κ3) is 2.67. The Bertz CT molecular complexity index is 698. The van der Waals surface area contributed by atoms with Crippen LogP contribution in [0.5, 0.6) is 11.5 Å². The fourth-order valence-electron chi connectivity index (χ4n) is 2.54. The molecule has 0 atom stereocenters. The fourth-order valence-corrected chi connectivity index (χ4v) is 2.54. The Morgan fingerprint density at radius 3 is 2.90 bits per heavy atom. The lowest BCUT2D eigenvalue weighted by Crippen LogP contribution is -2.12. The summed E-state index contributed by atoms with van der Waals surface area (Å²) in [5.74, 6) is 0.908. The molecular formula is C16H16N2O3. The molecule has 0 saturated heterocycles. The summed E-state index contributed by atoms with van der Waals surface area (Å²) in [7, 11) is 0. The van der Waals surface area contributed by atoms with Crippen molar-refractivity contribution in [2.75, 3.05) is 11.9 Å². The Kier molecular flexibility index (Phi) is 3.48. The molecule has 0 radical (unpaired) electrons. The van der Waals surface area contributed by atoms with Crippen molar-refractivity contribution in [3.8, 4) is 11.5 Å². The van der Waals surface area contributed by atoms with Crippen molar-refractivity contribution in [3.05, 3.63) is 57.6 Å². The molecule has 3 rings (SSSR count). The summed E-state index contributed by atoms with van der Waals surface area (Å²) in [5.41, 5.74) is 2.96. The number of hydrogen-bond donors (Lipinski definition) is 1. The van der Waals surface area contributed by atoms with Gasteiger partial charge in [-0.05, 0) is 43.0 Å². The minimum absolute atomic E-state index is 0.0107. The second kappa shape index (κ2) is 5.44. The van der Waals surface area contributed by atoms with E-state index in [1.807, 2.05) is 25.1 Å². The van der Waals surface area contributed by atoms with Gasteiger partial charge in [0.05, 0.1) is 10.6 Å². The van der Waals surface area contributed by atoms with Gasteiger partial charge in [0.25, 0.3) is 0 Å². The highest BCUT2D eigenvalue weighted by Crippen LogP contribution is 2.38. The predicted molar refractivity (Wildman–Crippen MR) is 81.2 cm³/mol. The molecule has 0 saturated carbocycles. The van der Waals surface area contributed by atoms with Gasteiger partial charge in [-0.2, -0.15) is 0 Å². The number of hydrogen-bond acceptors (Lipinski definition) is 4. The number of anilines is 1. The number of nitrogens with one attached hydrogen (secondary N) is 1. The molecule has 1 aliphatic heterocycles. The van der Waals surface area contributed by atoms with Crippen molar-refractivity contribution in [2.45, 2.75) is 19.8 Å². The molecule has 0 aliphatic carbocycles. The molecule has 0 unspecified atom stereocenters. The number of fused-ring (bicyclic) bond motifs is 1. The van der Waals surface area contributed by atoms with Crippen molar-refractivity contribution in [1.29, 1.82) is 0 Å². The van der Waals surface area contributed by atoms with Gasteiger partial charge in [-0.15, -0.1) is 0 Å². The topological polar surface area (TPSA) is 64.4 Å². The Hall–Kier alpha value is -2.56. The molecule has 1 aliphatic rings. The van der Waals surface area contributed by atoms with Crippen LogP contribution in [0.3, 0.4) is 0 Å². The van der Waals surface area contributed by atoms with E-state index in [0.29, 0.717) is 5.75 Å². The molecule has 108 valence electrons. The number of ether oxygens (including phenoxy) is 1. The minimum Gasteiger partial charge on any atom is -0.448 e. The second-order valence-electron chi connectivity index (χ2n) is 5.15. The first-order valence-corrected chi connectivity index (χ1v) is 6.94. The summed E-state index contributed by atoms with van der Waals surface area (Å²) in [6.45, 7) is 2.71. The van der Waals surface area contributed by atoms with Crippen molar-refractivity contribution >= 4 is 11.4 Å². The van der Waals surface area contributed by atoms with E-state index in [9.17, 15) is 10.1 Å². The van der Waals surface area contributed by atoms with Gasteiger partial charge < -0.3 is 10.1 Å². The normalized spacial score (nSPS) is 13.2. The SMILES string of the molecule is Cc1ccc(Oc2cccc3c2NCCC3)c([N+](=O)[O-])c1. The lowest BCUT2D eigenvalue weighted by Gasteiger charge is -2.21. The van der Waals surface area contributed by atoms with E-state index >= 15 is 0 Å². The number of nitro groups is 1. The highest BCUT2D eigenvalue weighted by Gasteiger charge is 2.19. The molecule has 21 heavy (non-hydrogen) atoms. The first-order chi connectivity index (χ1) is 10.1. The molecule has 0 bridgehead atoms. The van der Waals surface area contributed by atoms with Crippen LogP contribution in [0, 0.1) is 17.0 Å². The van der Waals surface area contributed by atoms with Gasteiger partial charge in [-0.1, -0.05) is 18.2 Å². The zero-order valence-corrected chi connectivity index (χ0v) is 11.8. The lowest BCUT2D eigenvalue weighted by molar-refractivity contribution is -0.385. The summed E-state index contributed by atoms with van der Waals surface area (Å²) in [6.07, 6.45) is 2.08. The van der Waals surface area contributed by atoms with Crippen molar-refractivity contribution < 1.29 is 9.66 Å². The average Bonchev–Trinajstić information content (AvgIpc) is 2.49. The molecule has 1 N–H and O–H groups in total. The first kappa shape index (κ1) is 13.4. The summed E-state index contributed by atoms with van der Waals surface area (Å²) >= 11 is 0. The molecule has 5 nitrogen and oxygen atoms in total. The number of rotatable bonds is 3. The molecule has 2 aromatic carbocycles. The summed E-state index contributed by atoms with van der Waals surface area (Å²) < 4.78 is 5.82. The molecular weight excluding hydrogens is 268 g/mol. The maximum Gasteiger partial charge on any atom is 0.311 e. The summed E-state index contributed by atoms with van der Waals surface area (Å²) in [4.78, 5) is 10.8. The van der Waals surface area contributed by atoms with Crippen LogP contribution < -0.4 is 10.1 Å². The molecule has 5 heteroatoms. The van der Waals surface area contributed by atoms with Gasteiger partial charge in [-0.25, -0.2) is 0 Å². The molecule has 2 aromatic rings. The van der Waals surface area contributed by atoms with Crippen LogP contribution in [0.4, 0.5) is 11.4 Å². The van der Waals surface area contributed by atoms with Crippen LogP contribution in [-0.2, 0) is 6.42 Å². The van der Waals surface area contributed by atoms with Crippen LogP contribution in [0.2, 0.25) is 0 Å². The number of para-hydroxylation sites is 1. The average molecular weight is 284 g/mol. The Balaban J connectivity index is 2.00. The maximum absolute atomic E-state index is 11.2. The van der Waals surface area contributed by atoms with Crippen molar-refractivity contribution in [3.63, 3.8) is 0 Å². The quantitative estimate of drug-likeness (QED) is 0.682. The highest BCUT2D eigenvalue weighted by molar-refractivity contribution is 5.65. The van der Waals surface area contributed by atoms with E-state index in [1.54, 1.807) is 6.07 Å². The summed E-state index contributed by atoms with van der Waals surface area (Å²) in [5, 5.41) is 14.5. The van der Waals surface area contributed by atoms with Crippen LogP contribution in [0.1, 0.15) is 17.5 Å². The number of nitro benzene ring substituents is 1. The van der Waals surface area contributed by atoms with Gasteiger partial charge in [0.2, 0.25) is 5.75 Å². The van der Waals surface area contributed by atoms with Crippen LogP contribution in [0.25, 0.3) is 0 Å². The molecule has 0 aromatic heterocycles. The Labute approximate surface area is 122 Å². The highest BCUT2D eigenvalue weighted by atomic mass is 16.6. The second-order valence-corrected chi connectivity index (χ2v) is 5.15. The van der Waals surface area contributed by atoms with E-state index in [1.165, 1.54) is 11.6 Å². The zero-order valence-electron chi connectivity index (χ0n) is 11.8. The van der Waals surface area contributed by atoms with Crippen LogP contribution >= 0.6 is 0 Å². The van der Waals surface area contributed by atoms with Gasteiger partial charge in [0.15, 0.2) is 5.75 Å². The van der Waals surface area contributed by atoms with Crippen LogP contribution in [-0.4, -0.2) is 11.5 Å². The van der Waals surface area contributed by atoms with Crippen molar-refractivity contribution in [2.24, 2.45) is 0 Å². The molecule has 0 fully saturated rings. The molecule has 0 amide bonds. The maximum atomic E-state index is 11.2. The lowest BCUT2D eigenvalue weighted by atomic mass is 10.0. The fraction of sp³-hybridized carbons (Fsp3) is 0.250. The molecule has 0 spiro atoms. The molecule has 1 heterocycles. The van der Waals surface area contributed by atoms with Gasteiger partial charge in [0, 0.05) is 12.6 Å². The van der Waals surface area contributed by atoms with Gasteiger partial charge in [-0.3, -0.25) is 10.1 Å². The number of benzene rings is 2. The third-order valence-corrected chi connectivity index (χ3v) is 3.57. The van der Waals surface area contributed by atoms with Gasteiger partial charge >= 0.3 is 5.69 Å². The van der Waals surface area contributed by atoms with Gasteiger partial charge in [0.1, 0.15) is 0 Å². The van der Waals surface area contributed by atoms with E-state index in [2.05, 4.69) is 11.4 Å². The van der Waals surface area contributed by atoms with E-state index in [4.69, 9.17) is 4.74 Å². The Morgan fingerprint density at radius 2 is 2.10 bits per heavy atom. The minimum atomic E-state index is -0.412. The van der Waals surface area contributed by atoms with E-state index in [-0.39, 0.29) is 11.4 Å². The third-order valence-electron chi connectivity index (χ3n) is 3.57. The van der Waals surface area contributed by atoms with E-state index < -0.39 is 4.92 Å². The van der Waals surface area contributed by atoms with Crippen molar-refractivity contribution in [1.82, 2.24) is 0 Å². The standard InChI is InChI=1S/C16H16N2O3/c1-11-7-8-14(13(10-11)18(19)20)21-15-6-2-4-12-5-3-9-17-16(12)15/h2,4,6-8,10,17H,3,5,9H2,1H3. The first-order valence-electron chi connectivity index (χ1n) is 6.94.